The van der Waals surface area contributed by atoms with E-state index in [1.165, 1.54) is 5.56 Å². The molecule has 0 saturated carbocycles. The lowest BCUT2D eigenvalue weighted by Gasteiger charge is -2.22. The SMILES string of the molecule is CNCCC(c1ccc(Cl)cc1)C(C)/C=C\C=C/N. The first-order valence-electron chi connectivity index (χ1n) is 6.64. The minimum Gasteiger partial charge on any atom is -0.405 e. The summed E-state index contributed by atoms with van der Waals surface area (Å²) in [6.45, 7) is 3.23. The lowest BCUT2D eigenvalue weighted by atomic mass is 9.84. The predicted molar refractivity (Wildman–Crippen MR) is 84.4 cm³/mol. The monoisotopic (exact) mass is 278 g/mol. The summed E-state index contributed by atoms with van der Waals surface area (Å²) in [7, 11) is 1.98. The van der Waals surface area contributed by atoms with Gasteiger partial charge in [-0.2, -0.15) is 0 Å². The first-order valence-corrected chi connectivity index (χ1v) is 7.02. The molecule has 0 saturated heterocycles. The minimum absolute atomic E-state index is 0.450. The molecule has 0 aliphatic heterocycles. The van der Waals surface area contributed by atoms with Crippen molar-refractivity contribution in [2.45, 2.75) is 19.3 Å². The quantitative estimate of drug-likeness (QED) is 0.747. The van der Waals surface area contributed by atoms with E-state index in [0.717, 1.165) is 18.0 Å². The molecule has 0 bridgehead atoms. The third kappa shape index (κ3) is 5.50. The molecule has 19 heavy (non-hydrogen) atoms. The first kappa shape index (κ1) is 15.8. The van der Waals surface area contributed by atoms with Gasteiger partial charge in [0.15, 0.2) is 0 Å². The normalized spacial score (nSPS) is 15.1. The van der Waals surface area contributed by atoms with Crippen molar-refractivity contribution in [2.75, 3.05) is 13.6 Å². The summed E-state index contributed by atoms with van der Waals surface area (Å²) in [5, 5.41) is 4.00. The Bertz CT molecular complexity index is 409. The lowest BCUT2D eigenvalue weighted by Crippen LogP contribution is -2.16. The molecule has 0 amide bonds. The van der Waals surface area contributed by atoms with Crippen molar-refractivity contribution >= 4 is 11.6 Å². The van der Waals surface area contributed by atoms with Gasteiger partial charge < -0.3 is 11.1 Å². The Morgan fingerprint density at radius 3 is 2.53 bits per heavy atom. The highest BCUT2D eigenvalue weighted by Crippen LogP contribution is 2.29. The summed E-state index contributed by atoms with van der Waals surface area (Å²) >= 11 is 5.95. The van der Waals surface area contributed by atoms with Crippen molar-refractivity contribution in [3.8, 4) is 0 Å². The average molecular weight is 279 g/mol. The second-order valence-electron chi connectivity index (χ2n) is 4.68. The number of allylic oxidation sites excluding steroid dienone is 3. The molecule has 3 heteroatoms. The van der Waals surface area contributed by atoms with Gasteiger partial charge in [-0.15, -0.1) is 0 Å². The van der Waals surface area contributed by atoms with Crippen molar-refractivity contribution < 1.29 is 0 Å². The van der Waals surface area contributed by atoms with Gasteiger partial charge in [0.25, 0.3) is 0 Å². The summed E-state index contributed by atoms with van der Waals surface area (Å²) in [6, 6.07) is 8.15. The highest BCUT2D eigenvalue weighted by Gasteiger charge is 2.16. The van der Waals surface area contributed by atoms with Crippen LogP contribution < -0.4 is 11.1 Å². The first-order chi connectivity index (χ1) is 9.19. The molecular weight excluding hydrogens is 256 g/mol. The van der Waals surface area contributed by atoms with Crippen molar-refractivity contribution in [3.05, 3.63) is 59.3 Å². The van der Waals surface area contributed by atoms with Crippen LogP contribution in [0.4, 0.5) is 0 Å². The minimum atomic E-state index is 0.450. The van der Waals surface area contributed by atoms with Gasteiger partial charge in [-0.25, -0.2) is 0 Å². The van der Waals surface area contributed by atoms with Gasteiger partial charge in [-0.3, -0.25) is 0 Å². The molecule has 0 radical (unpaired) electrons. The number of nitrogens with one attached hydrogen (secondary N) is 1. The molecule has 0 aliphatic rings. The number of halogens is 1. The second kappa shape index (κ2) is 8.78. The zero-order valence-corrected chi connectivity index (χ0v) is 12.4. The van der Waals surface area contributed by atoms with Gasteiger partial charge in [0, 0.05) is 5.02 Å². The van der Waals surface area contributed by atoms with Crippen LogP contribution in [0.5, 0.6) is 0 Å². The average Bonchev–Trinajstić information content (AvgIpc) is 2.41. The molecule has 0 fully saturated rings. The molecule has 2 unspecified atom stereocenters. The second-order valence-corrected chi connectivity index (χ2v) is 5.12. The molecule has 1 aromatic carbocycles. The topological polar surface area (TPSA) is 38.0 Å². The van der Waals surface area contributed by atoms with E-state index in [-0.39, 0.29) is 0 Å². The lowest BCUT2D eigenvalue weighted by molar-refractivity contribution is 0.498. The molecule has 3 N–H and O–H groups in total. The maximum Gasteiger partial charge on any atom is 0.0406 e. The van der Waals surface area contributed by atoms with Gasteiger partial charge in [-0.05, 0) is 61.8 Å². The van der Waals surface area contributed by atoms with E-state index in [9.17, 15) is 0 Å². The van der Waals surface area contributed by atoms with Gasteiger partial charge in [0.2, 0.25) is 0 Å². The number of benzene rings is 1. The summed E-state index contributed by atoms with van der Waals surface area (Å²) in [5.74, 6) is 0.929. The van der Waals surface area contributed by atoms with Crippen LogP contribution in [-0.4, -0.2) is 13.6 Å². The summed E-state index contributed by atoms with van der Waals surface area (Å²) in [5.41, 5.74) is 6.67. The van der Waals surface area contributed by atoms with Crippen molar-refractivity contribution in [1.29, 1.82) is 0 Å². The highest BCUT2D eigenvalue weighted by atomic mass is 35.5. The maximum atomic E-state index is 5.95. The summed E-state index contributed by atoms with van der Waals surface area (Å²) in [6.07, 6.45) is 8.70. The number of nitrogens with two attached hydrogens (primary N) is 1. The van der Waals surface area contributed by atoms with Crippen LogP contribution in [0.2, 0.25) is 5.02 Å². The number of rotatable bonds is 7. The predicted octanol–water partition coefficient (Wildman–Crippen LogP) is 3.70. The molecule has 0 aliphatic carbocycles. The Kier molecular flexibility index (Phi) is 7.31. The largest absolute Gasteiger partial charge is 0.405 e. The Hall–Kier alpha value is -1.25. The maximum absolute atomic E-state index is 5.95. The zero-order valence-electron chi connectivity index (χ0n) is 11.6. The van der Waals surface area contributed by atoms with Gasteiger partial charge in [-0.1, -0.05) is 42.8 Å². The fourth-order valence-electron chi connectivity index (χ4n) is 2.18. The van der Waals surface area contributed by atoms with E-state index >= 15 is 0 Å². The van der Waals surface area contributed by atoms with E-state index in [0.29, 0.717) is 11.8 Å². The van der Waals surface area contributed by atoms with E-state index < -0.39 is 0 Å². The highest BCUT2D eigenvalue weighted by molar-refractivity contribution is 6.30. The van der Waals surface area contributed by atoms with Crippen LogP contribution in [-0.2, 0) is 0 Å². The number of hydrogen-bond donors (Lipinski definition) is 2. The Labute approximate surface area is 121 Å². The smallest absolute Gasteiger partial charge is 0.0406 e. The Balaban J connectivity index is 2.83. The van der Waals surface area contributed by atoms with Crippen LogP contribution in [0.3, 0.4) is 0 Å². The van der Waals surface area contributed by atoms with E-state index in [2.05, 4.69) is 30.4 Å². The van der Waals surface area contributed by atoms with Crippen molar-refractivity contribution in [1.82, 2.24) is 5.32 Å². The van der Waals surface area contributed by atoms with Crippen LogP contribution >= 0.6 is 11.6 Å². The molecule has 0 spiro atoms. The fourth-order valence-corrected chi connectivity index (χ4v) is 2.31. The molecule has 0 aromatic heterocycles. The fraction of sp³-hybridized carbons (Fsp3) is 0.375. The van der Waals surface area contributed by atoms with E-state index in [1.54, 1.807) is 6.20 Å². The number of hydrogen-bond acceptors (Lipinski definition) is 2. The molecule has 1 aromatic rings. The van der Waals surface area contributed by atoms with E-state index in [1.807, 2.05) is 31.3 Å². The third-order valence-corrected chi connectivity index (χ3v) is 3.53. The molecule has 104 valence electrons. The van der Waals surface area contributed by atoms with Gasteiger partial charge in [0.05, 0.1) is 0 Å². The Morgan fingerprint density at radius 1 is 1.26 bits per heavy atom. The molecule has 2 nitrogen and oxygen atoms in total. The summed E-state index contributed by atoms with van der Waals surface area (Å²) in [4.78, 5) is 0. The van der Waals surface area contributed by atoms with Crippen LogP contribution in [0.15, 0.2) is 48.7 Å². The van der Waals surface area contributed by atoms with Crippen molar-refractivity contribution in [3.63, 3.8) is 0 Å². The standard InChI is InChI=1S/C16H23ClN2/c1-13(5-3-4-11-18)16(10-12-19-2)14-6-8-15(17)9-7-14/h3-9,11,13,16,19H,10,12,18H2,1-2H3/b5-3-,11-4-. The van der Waals surface area contributed by atoms with Crippen LogP contribution in [0, 0.1) is 5.92 Å². The third-order valence-electron chi connectivity index (χ3n) is 3.28. The van der Waals surface area contributed by atoms with Gasteiger partial charge in [0.1, 0.15) is 0 Å². The molecule has 0 heterocycles. The Morgan fingerprint density at radius 2 is 1.95 bits per heavy atom. The molecule has 2 atom stereocenters. The summed E-state index contributed by atoms with van der Waals surface area (Å²) < 4.78 is 0. The van der Waals surface area contributed by atoms with E-state index in [4.69, 9.17) is 17.3 Å². The van der Waals surface area contributed by atoms with Gasteiger partial charge >= 0.3 is 0 Å². The van der Waals surface area contributed by atoms with Crippen LogP contribution in [0.25, 0.3) is 0 Å². The molecule has 1 rings (SSSR count). The van der Waals surface area contributed by atoms with Crippen LogP contribution in [0.1, 0.15) is 24.8 Å². The molecular formula is C16H23ClN2. The van der Waals surface area contributed by atoms with Crippen molar-refractivity contribution in [2.24, 2.45) is 11.7 Å². The zero-order chi connectivity index (χ0) is 14.1.